The lowest BCUT2D eigenvalue weighted by molar-refractivity contribution is -0.137. The highest BCUT2D eigenvalue weighted by molar-refractivity contribution is 6.34. The summed E-state index contributed by atoms with van der Waals surface area (Å²) in [4.78, 5) is 34.5. The molecule has 6 nitrogen and oxygen atoms in total. The molecule has 7 heteroatoms. The first-order valence-corrected chi connectivity index (χ1v) is 8.06. The maximum absolute atomic E-state index is 12.1. The van der Waals surface area contributed by atoms with E-state index in [0.29, 0.717) is 18.5 Å². The summed E-state index contributed by atoms with van der Waals surface area (Å²) in [6.07, 6.45) is 0.671. The van der Waals surface area contributed by atoms with Crippen molar-refractivity contribution in [3.05, 3.63) is 28.8 Å². The maximum Gasteiger partial charge on any atom is 0.303 e. The summed E-state index contributed by atoms with van der Waals surface area (Å²) in [5.74, 6) is -1.46. The van der Waals surface area contributed by atoms with E-state index in [1.807, 2.05) is 20.8 Å². The van der Waals surface area contributed by atoms with Gasteiger partial charge in [0.05, 0.1) is 10.6 Å². The molecule has 0 aliphatic rings. The summed E-state index contributed by atoms with van der Waals surface area (Å²) in [5, 5.41) is 14.2. The van der Waals surface area contributed by atoms with E-state index in [1.54, 1.807) is 12.1 Å². The molecule has 0 aliphatic heterocycles. The van der Waals surface area contributed by atoms with E-state index in [-0.39, 0.29) is 34.9 Å². The van der Waals surface area contributed by atoms with Gasteiger partial charge in [-0.1, -0.05) is 32.4 Å². The molecule has 3 N–H and O–H groups in total. The number of benzene rings is 1. The van der Waals surface area contributed by atoms with Gasteiger partial charge >= 0.3 is 5.97 Å². The first kappa shape index (κ1) is 20.0. The normalized spacial score (nSPS) is 11.0. The first-order chi connectivity index (χ1) is 11.1. The van der Waals surface area contributed by atoms with Gasteiger partial charge in [-0.2, -0.15) is 0 Å². The van der Waals surface area contributed by atoms with Gasteiger partial charge in [0, 0.05) is 25.1 Å². The van der Waals surface area contributed by atoms with E-state index in [4.69, 9.17) is 16.7 Å². The Kier molecular flexibility index (Phi) is 7.22. The zero-order valence-electron chi connectivity index (χ0n) is 14.1. The summed E-state index contributed by atoms with van der Waals surface area (Å²) < 4.78 is 0. The van der Waals surface area contributed by atoms with Gasteiger partial charge < -0.3 is 15.7 Å². The second kappa shape index (κ2) is 8.68. The van der Waals surface area contributed by atoms with E-state index in [0.717, 1.165) is 0 Å². The lowest BCUT2D eigenvalue weighted by Crippen LogP contribution is -2.25. The van der Waals surface area contributed by atoms with Crippen molar-refractivity contribution in [1.82, 2.24) is 5.32 Å². The van der Waals surface area contributed by atoms with Crippen LogP contribution < -0.4 is 10.6 Å². The van der Waals surface area contributed by atoms with Gasteiger partial charge in [0.15, 0.2) is 0 Å². The van der Waals surface area contributed by atoms with Gasteiger partial charge in [0.25, 0.3) is 5.91 Å². The Balaban J connectivity index is 2.70. The molecule has 0 saturated heterocycles. The third-order valence-electron chi connectivity index (χ3n) is 3.04. The predicted molar refractivity (Wildman–Crippen MR) is 93.4 cm³/mol. The number of anilines is 1. The van der Waals surface area contributed by atoms with Crippen LogP contribution in [0.5, 0.6) is 0 Å². The van der Waals surface area contributed by atoms with Crippen LogP contribution in [0.4, 0.5) is 5.69 Å². The minimum atomic E-state index is -0.911. The summed E-state index contributed by atoms with van der Waals surface area (Å²) in [7, 11) is 0. The Morgan fingerprint density at radius 1 is 1.21 bits per heavy atom. The van der Waals surface area contributed by atoms with E-state index >= 15 is 0 Å². The van der Waals surface area contributed by atoms with Crippen LogP contribution in [0.15, 0.2) is 18.2 Å². The van der Waals surface area contributed by atoms with Crippen molar-refractivity contribution in [1.29, 1.82) is 0 Å². The Labute approximate surface area is 146 Å². The van der Waals surface area contributed by atoms with E-state index in [9.17, 15) is 14.4 Å². The molecule has 0 fully saturated rings. The predicted octanol–water partition coefficient (Wildman–Crippen LogP) is 3.31. The van der Waals surface area contributed by atoms with Crippen molar-refractivity contribution in [2.24, 2.45) is 5.41 Å². The number of hydrogen-bond acceptors (Lipinski definition) is 3. The number of carboxylic acids is 1. The third-order valence-corrected chi connectivity index (χ3v) is 3.37. The Morgan fingerprint density at radius 2 is 1.88 bits per heavy atom. The van der Waals surface area contributed by atoms with Gasteiger partial charge in [-0.05, 0) is 30.0 Å². The van der Waals surface area contributed by atoms with Crippen LogP contribution in [-0.2, 0) is 9.59 Å². The van der Waals surface area contributed by atoms with Gasteiger partial charge in [-0.15, -0.1) is 0 Å². The molecule has 1 aromatic rings. The fourth-order valence-electron chi connectivity index (χ4n) is 2.00. The van der Waals surface area contributed by atoms with Crippen LogP contribution in [0.2, 0.25) is 5.02 Å². The zero-order chi connectivity index (χ0) is 18.3. The van der Waals surface area contributed by atoms with Crippen molar-refractivity contribution in [2.45, 2.75) is 40.0 Å². The van der Waals surface area contributed by atoms with Gasteiger partial charge in [0.2, 0.25) is 5.91 Å². The molecule has 0 bridgehead atoms. The number of hydrogen-bond donors (Lipinski definition) is 3. The number of carboxylic acid groups (broad SMARTS) is 1. The van der Waals surface area contributed by atoms with Crippen molar-refractivity contribution in [2.75, 3.05) is 11.9 Å². The van der Waals surface area contributed by atoms with E-state index < -0.39 is 11.9 Å². The minimum absolute atomic E-state index is 0.0170. The molecule has 0 saturated carbocycles. The first-order valence-electron chi connectivity index (χ1n) is 7.68. The van der Waals surface area contributed by atoms with Gasteiger partial charge in [-0.3, -0.25) is 14.4 Å². The third kappa shape index (κ3) is 7.46. The van der Waals surface area contributed by atoms with E-state index in [2.05, 4.69) is 10.6 Å². The van der Waals surface area contributed by atoms with Gasteiger partial charge in [0.1, 0.15) is 0 Å². The second-order valence-electron chi connectivity index (χ2n) is 6.73. The number of halogens is 1. The number of carbonyl (C=O) groups is 3. The van der Waals surface area contributed by atoms with Crippen LogP contribution in [0.1, 0.15) is 50.4 Å². The van der Waals surface area contributed by atoms with E-state index in [1.165, 1.54) is 6.07 Å². The van der Waals surface area contributed by atoms with Crippen molar-refractivity contribution in [3.8, 4) is 0 Å². The number of aliphatic carboxylic acids is 1. The average Bonchev–Trinajstić information content (AvgIpc) is 2.43. The lowest BCUT2D eigenvalue weighted by Gasteiger charge is -2.17. The molecule has 0 aliphatic carbocycles. The van der Waals surface area contributed by atoms with Crippen LogP contribution in [0.25, 0.3) is 0 Å². The fourth-order valence-corrected chi connectivity index (χ4v) is 2.20. The summed E-state index contributed by atoms with van der Waals surface area (Å²) in [6.45, 7) is 6.13. The highest BCUT2D eigenvalue weighted by Crippen LogP contribution is 2.23. The number of nitrogens with one attached hydrogen (secondary N) is 2. The molecule has 0 heterocycles. The molecule has 2 amide bonds. The van der Waals surface area contributed by atoms with Crippen LogP contribution >= 0.6 is 11.6 Å². The van der Waals surface area contributed by atoms with Crippen molar-refractivity contribution < 1.29 is 19.5 Å². The van der Waals surface area contributed by atoms with Crippen LogP contribution in [-0.4, -0.2) is 29.4 Å². The topological polar surface area (TPSA) is 95.5 Å². The summed E-state index contributed by atoms with van der Waals surface area (Å²) in [5.41, 5.74) is 0.589. The number of carbonyl (C=O) groups excluding carboxylic acids is 2. The summed E-state index contributed by atoms with van der Waals surface area (Å²) in [6, 6.07) is 4.68. The largest absolute Gasteiger partial charge is 0.481 e. The Morgan fingerprint density at radius 3 is 2.46 bits per heavy atom. The molecule has 0 spiro atoms. The highest BCUT2D eigenvalue weighted by atomic mass is 35.5. The number of rotatable bonds is 7. The smallest absolute Gasteiger partial charge is 0.303 e. The maximum atomic E-state index is 12.1. The molecule has 0 radical (unpaired) electrons. The molecule has 1 aromatic carbocycles. The molecule has 1 rings (SSSR count). The molecule has 0 unspecified atom stereocenters. The lowest BCUT2D eigenvalue weighted by atomic mass is 9.92. The molecular formula is C17H23ClN2O4. The molecule has 132 valence electrons. The molecule has 0 aromatic heterocycles. The molecule has 24 heavy (non-hydrogen) atoms. The summed E-state index contributed by atoms with van der Waals surface area (Å²) >= 11 is 6.03. The van der Waals surface area contributed by atoms with Crippen molar-refractivity contribution >= 4 is 35.1 Å². The van der Waals surface area contributed by atoms with Crippen LogP contribution in [0.3, 0.4) is 0 Å². The number of amides is 2. The minimum Gasteiger partial charge on any atom is -0.481 e. The quantitative estimate of drug-likeness (QED) is 0.654. The standard InChI is InChI=1S/C17H23ClN2O4/c1-17(2,3)10-14(21)20-11-6-7-13(18)12(9-11)16(24)19-8-4-5-15(22)23/h6-7,9H,4-5,8,10H2,1-3H3,(H,19,24)(H,20,21)(H,22,23). The highest BCUT2D eigenvalue weighted by Gasteiger charge is 2.17. The molecule has 0 atom stereocenters. The SMILES string of the molecule is CC(C)(C)CC(=O)Nc1ccc(Cl)c(C(=O)NCCCC(=O)O)c1. The monoisotopic (exact) mass is 354 g/mol. The van der Waals surface area contributed by atoms with Crippen molar-refractivity contribution in [3.63, 3.8) is 0 Å². The van der Waals surface area contributed by atoms with Gasteiger partial charge in [-0.25, -0.2) is 0 Å². The Bertz CT molecular complexity index is 624. The molecular weight excluding hydrogens is 332 g/mol. The average molecular weight is 355 g/mol. The van der Waals surface area contributed by atoms with Crippen LogP contribution in [0, 0.1) is 5.41 Å². The fraction of sp³-hybridized carbons (Fsp3) is 0.471. The Hall–Kier alpha value is -2.08. The zero-order valence-corrected chi connectivity index (χ0v) is 14.9. The second-order valence-corrected chi connectivity index (χ2v) is 7.14.